The van der Waals surface area contributed by atoms with E-state index in [1.807, 2.05) is 24.1 Å². The molecule has 1 fully saturated rings. The lowest BCUT2D eigenvalue weighted by atomic mass is 10.0. The number of fused-ring (bicyclic) bond motifs is 2. The number of carbonyl (C=O) groups is 1. The van der Waals surface area contributed by atoms with Gasteiger partial charge >= 0.3 is 0 Å². The van der Waals surface area contributed by atoms with E-state index in [-0.39, 0.29) is 17.4 Å². The van der Waals surface area contributed by atoms with Gasteiger partial charge in [-0.25, -0.2) is 4.98 Å². The number of methoxy groups -OCH3 is 1. The van der Waals surface area contributed by atoms with Crippen LogP contribution in [0.4, 0.5) is 0 Å². The third kappa shape index (κ3) is 4.48. The van der Waals surface area contributed by atoms with Crippen LogP contribution in [0.1, 0.15) is 23.6 Å². The van der Waals surface area contributed by atoms with E-state index >= 15 is 0 Å². The van der Waals surface area contributed by atoms with E-state index in [0.717, 1.165) is 37.1 Å². The fourth-order valence-electron chi connectivity index (χ4n) is 5.53. The number of ether oxygens (including phenoxy) is 2. The summed E-state index contributed by atoms with van der Waals surface area (Å²) in [6, 6.07) is 11.5. The number of aromatic amines is 1. The highest BCUT2D eigenvalue weighted by molar-refractivity contribution is 5.88. The summed E-state index contributed by atoms with van der Waals surface area (Å²) in [5.74, 6) is 1.23. The van der Waals surface area contributed by atoms with Crippen LogP contribution in [-0.2, 0) is 16.0 Å². The molecule has 1 saturated heterocycles. The van der Waals surface area contributed by atoms with Crippen molar-refractivity contribution in [3.8, 4) is 28.3 Å². The lowest BCUT2D eigenvalue weighted by Gasteiger charge is -2.31. The molecule has 196 valence electrons. The molecule has 6 rings (SSSR count). The van der Waals surface area contributed by atoms with Gasteiger partial charge in [0.05, 0.1) is 50.2 Å². The van der Waals surface area contributed by atoms with Gasteiger partial charge < -0.3 is 23.8 Å². The van der Waals surface area contributed by atoms with Crippen LogP contribution in [0, 0.1) is 0 Å². The smallest absolute Gasteiger partial charge is 0.237 e. The van der Waals surface area contributed by atoms with Crippen LogP contribution in [0.25, 0.3) is 33.5 Å². The van der Waals surface area contributed by atoms with E-state index in [4.69, 9.17) is 13.9 Å². The average molecular weight is 515 g/mol. The van der Waals surface area contributed by atoms with Gasteiger partial charge in [-0.15, -0.1) is 0 Å². The maximum absolute atomic E-state index is 13.2. The first-order valence-corrected chi connectivity index (χ1v) is 12.8. The van der Waals surface area contributed by atoms with Crippen molar-refractivity contribution in [3.63, 3.8) is 0 Å². The third-order valence-electron chi connectivity index (χ3n) is 7.67. The van der Waals surface area contributed by atoms with Gasteiger partial charge in [0.2, 0.25) is 5.91 Å². The molecule has 0 spiro atoms. The minimum absolute atomic E-state index is 0.00947. The van der Waals surface area contributed by atoms with E-state index in [0.29, 0.717) is 53.4 Å². The van der Waals surface area contributed by atoms with Crippen molar-refractivity contribution in [2.45, 2.75) is 18.9 Å². The molecular formula is C29H30N4O5. The quantitative estimate of drug-likeness (QED) is 0.419. The molecule has 4 aromatic rings. The standard InChI is InChI=1S/C29H30N4O5/c1-32(29(35)16-33-7-9-37-10-8-33)25-6-5-18-3-4-19(11-20(18)25)23-13-26(34)21-12-22(28-15-30-17-38-28)27(36-2)14-24(21)31-23/h3-4,11-15,17,25H,5-10,16H2,1-2H3,(H,31,34). The summed E-state index contributed by atoms with van der Waals surface area (Å²) < 4.78 is 16.4. The number of rotatable bonds is 6. The molecule has 1 aliphatic carbocycles. The number of morpholine rings is 1. The minimum Gasteiger partial charge on any atom is -0.496 e. The van der Waals surface area contributed by atoms with Crippen LogP contribution in [0.5, 0.6) is 5.75 Å². The second-order valence-electron chi connectivity index (χ2n) is 9.87. The van der Waals surface area contributed by atoms with Crippen molar-refractivity contribution >= 4 is 16.8 Å². The van der Waals surface area contributed by atoms with Gasteiger partial charge in [-0.3, -0.25) is 14.5 Å². The molecule has 1 amide bonds. The maximum Gasteiger partial charge on any atom is 0.237 e. The molecule has 2 aromatic carbocycles. The number of hydrogen-bond acceptors (Lipinski definition) is 7. The summed E-state index contributed by atoms with van der Waals surface area (Å²) in [4.78, 5) is 37.7. The molecule has 9 nitrogen and oxygen atoms in total. The largest absolute Gasteiger partial charge is 0.496 e. The van der Waals surface area contributed by atoms with Gasteiger partial charge in [0.25, 0.3) is 0 Å². The number of oxazole rings is 1. The van der Waals surface area contributed by atoms with E-state index in [1.165, 1.54) is 12.0 Å². The van der Waals surface area contributed by atoms with Crippen molar-refractivity contribution in [3.05, 3.63) is 70.3 Å². The monoisotopic (exact) mass is 514 g/mol. The number of pyridine rings is 1. The molecule has 2 aliphatic rings. The van der Waals surface area contributed by atoms with Crippen LogP contribution >= 0.6 is 0 Å². The number of nitrogens with one attached hydrogen (secondary N) is 1. The highest BCUT2D eigenvalue weighted by atomic mass is 16.5. The molecule has 1 aliphatic heterocycles. The van der Waals surface area contributed by atoms with Crippen LogP contribution in [0.2, 0.25) is 0 Å². The normalized spacial score (nSPS) is 17.5. The van der Waals surface area contributed by atoms with Gasteiger partial charge in [-0.2, -0.15) is 0 Å². The number of benzene rings is 2. The summed E-state index contributed by atoms with van der Waals surface area (Å²) in [7, 11) is 3.48. The van der Waals surface area contributed by atoms with Crippen LogP contribution < -0.4 is 10.2 Å². The van der Waals surface area contributed by atoms with Crippen molar-refractivity contribution in [1.82, 2.24) is 19.8 Å². The highest BCUT2D eigenvalue weighted by Gasteiger charge is 2.30. The molecular weight excluding hydrogens is 484 g/mol. The molecule has 0 saturated carbocycles. The summed E-state index contributed by atoms with van der Waals surface area (Å²) in [6.07, 6.45) is 4.75. The van der Waals surface area contributed by atoms with E-state index in [2.05, 4.69) is 27.0 Å². The Kier molecular flexibility index (Phi) is 6.47. The Morgan fingerprint density at radius 2 is 2.05 bits per heavy atom. The summed E-state index contributed by atoms with van der Waals surface area (Å²) >= 11 is 0. The molecule has 0 bridgehead atoms. The second-order valence-corrected chi connectivity index (χ2v) is 9.87. The molecule has 2 aromatic heterocycles. The molecule has 1 atom stereocenters. The molecule has 9 heteroatoms. The SMILES string of the molecule is COc1cc2[nH]c(-c3ccc4c(c3)C(N(C)C(=O)CN3CCOCC3)CC4)cc(=O)c2cc1-c1cnco1. The number of amides is 1. The number of hydrogen-bond donors (Lipinski definition) is 1. The van der Waals surface area contributed by atoms with Crippen molar-refractivity contribution in [1.29, 1.82) is 0 Å². The number of carbonyl (C=O) groups excluding carboxylic acids is 1. The van der Waals surface area contributed by atoms with Gasteiger partial charge in [0.1, 0.15) is 5.75 Å². The fourth-order valence-corrected chi connectivity index (χ4v) is 5.53. The van der Waals surface area contributed by atoms with Gasteiger partial charge in [-0.05, 0) is 41.7 Å². The van der Waals surface area contributed by atoms with E-state index in [9.17, 15) is 9.59 Å². The predicted octanol–water partition coefficient (Wildman–Crippen LogP) is 3.64. The van der Waals surface area contributed by atoms with Crippen molar-refractivity contribution in [2.24, 2.45) is 0 Å². The van der Waals surface area contributed by atoms with Crippen molar-refractivity contribution < 1.29 is 18.7 Å². The lowest BCUT2D eigenvalue weighted by molar-refractivity contribution is -0.134. The van der Waals surface area contributed by atoms with Gasteiger partial charge in [-0.1, -0.05) is 12.1 Å². The second kappa shape index (κ2) is 10.1. The number of nitrogens with zero attached hydrogens (tertiary/aromatic N) is 3. The summed E-state index contributed by atoms with van der Waals surface area (Å²) in [6.45, 7) is 3.31. The Morgan fingerprint density at radius 3 is 2.82 bits per heavy atom. The summed E-state index contributed by atoms with van der Waals surface area (Å²) in [5.41, 5.74) is 5.23. The molecule has 3 heterocycles. The zero-order valence-corrected chi connectivity index (χ0v) is 21.5. The van der Waals surface area contributed by atoms with Crippen LogP contribution in [0.15, 0.2) is 58.2 Å². The third-order valence-corrected chi connectivity index (χ3v) is 7.67. The Labute approximate surface area is 220 Å². The maximum atomic E-state index is 13.2. The Hall–Kier alpha value is -3.95. The first kappa shape index (κ1) is 24.4. The molecule has 38 heavy (non-hydrogen) atoms. The number of aromatic nitrogens is 2. The Bertz CT molecular complexity index is 1540. The minimum atomic E-state index is -0.105. The molecule has 1 N–H and O–H groups in total. The predicted molar refractivity (Wildman–Crippen MR) is 143 cm³/mol. The van der Waals surface area contributed by atoms with Crippen molar-refractivity contribution in [2.75, 3.05) is 47.0 Å². The summed E-state index contributed by atoms with van der Waals surface area (Å²) in [5, 5.41) is 0.536. The highest BCUT2D eigenvalue weighted by Crippen LogP contribution is 2.38. The molecule has 1 unspecified atom stereocenters. The Balaban J connectivity index is 1.31. The zero-order valence-electron chi connectivity index (χ0n) is 21.5. The zero-order chi connectivity index (χ0) is 26.2. The van der Waals surface area contributed by atoms with Crippen LogP contribution in [-0.4, -0.2) is 72.7 Å². The Morgan fingerprint density at radius 1 is 1.21 bits per heavy atom. The molecule has 0 radical (unpaired) electrons. The van der Waals surface area contributed by atoms with E-state index < -0.39 is 0 Å². The van der Waals surface area contributed by atoms with Crippen LogP contribution in [0.3, 0.4) is 0 Å². The number of H-pyrrole nitrogens is 1. The average Bonchev–Trinajstić information content (AvgIpc) is 3.62. The lowest BCUT2D eigenvalue weighted by Crippen LogP contribution is -2.44. The van der Waals surface area contributed by atoms with E-state index in [1.54, 1.807) is 25.4 Å². The first-order chi connectivity index (χ1) is 18.5. The van der Waals surface area contributed by atoms with Gasteiger partial charge in [0, 0.05) is 43.4 Å². The first-order valence-electron chi connectivity index (χ1n) is 12.8. The van der Waals surface area contributed by atoms with Gasteiger partial charge in [0.15, 0.2) is 17.6 Å². The fraction of sp³-hybridized carbons (Fsp3) is 0.345. The topological polar surface area (TPSA) is 101 Å². The number of aryl methyl sites for hydroxylation is 1. The number of likely N-dealkylation sites (N-methyl/N-ethyl adjacent to an activating group) is 1.